The molecule has 3 aromatic rings. The van der Waals surface area contributed by atoms with Crippen molar-refractivity contribution in [2.45, 2.75) is 63.7 Å². The number of benzene rings is 3. The first kappa shape index (κ1) is 28.9. The summed E-state index contributed by atoms with van der Waals surface area (Å²) in [6, 6.07) is 29.5. The van der Waals surface area contributed by atoms with Crippen molar-refractivity contribution in [1.82, 2.24) is 0 Å². The standard InChI is InChI=1S/C32H38O7/c1-23(32(34)35-2)18-27-29(33)31(38-21-26-16-10-5-11-17-26)30(37-20-25-14-8-4-9-15-25)28(39-27)22-36-19-24-12-6-3-7-13-24/h3-17,23,27-31,33H,18-22H2,1-2H3/t23?,27?,28-,29+,30?,31-/m1/s1. The maximum atomic E-state index is 12.2. The summed E-state index contributed by atoms with van der Waals surface area (Å²) in [5.41, 5.74) is 3.02. The SMILES string of the molecule is COC(=O)C(C)CC1O[C@H](COCc2ccccc2)C(OCc2ccccc2)[C@H](OCc2ccccc2)[C@H]1O. The molecule has 1 saturated heterocycles. The van der Waals surface area contributed by atoms with Gasteiger partial charge >= 0.3 is 5.97 Å². The van der Waals surface area contributed by atoms with Gasteiger partial charge in [-0.05, 0) is 23.1 Å². The largest absolute Gasteiger partial charge is 0.469 e. The fourth-order valence-corrected chi connectivity index (χ4v) is 4.77. The number of carbonyl (C=O) groups excluding carboxylic acids is 1. The highest BCUT2D eigenvalue weighted by atomic mass is 16.6. The summed E-state index contributed by atoms with van der Waals surface area (Å²) in [7, 11) is 1.36. The highest BCUT2D eigenvalue weighted by Crippen LogP contribution is 2.31. The van der Waals surface area contributed by atoms with Crippen LogP contribution >= 0.6 is 0 Å². The molecule has 7 heteroatoms. The normalized spacial score (nSPS) is 23.7. The molecule has 1 aliphatic heterocycles. The molecule has 1 N–H and O–H groups in total. The zero-order valence-electron chi connectivity index (χ0n) is 22.6. The van der Waals surface area contributed by atoms with Crippen molar-refractivity contribution < 1.29 is 33.6 Å². The Morgan fingerprint density at radius 3 is 1.77 bits per heavy atom. The van der Waals surface area contributed by atoms with Crippen LogP contribution in [-0.4, -0.2) is 55.3 Å². The smallest absolute Gasteiger partial charge is 0.308 e. The molecule has 4 rings (SSSR count). The first-order valence-corrected chi connectivity index (χ1v) is 13.4. The van der Waals surface area contributed by atoms with Gasteiger partial charge in [0, 0.05) is 0 Å². The number of esters is 1. The van der Waals surface area contributed by atoms with E-state index in [0.717, 1.165) is 16.7 Å². The Hall–Kier alpha value is -3.07. The van der Waals surface area contributed by atoms with Crippen LogP contribution in [0.5, 0.6) is 0 Å². The van der Waals surface area contributed by atoms with Crippen LogP contribution in [0.1, 0.15) is 30.0 Å². The van der Waals surface area contributed by atoms with Gasteiger partial charge in [0.1, 0.15) is 24.4 Å². The minimum Gasteiger partial charge on any atom is -0.469 e. The van der Waals surface area contributed by atoms with Gasteiger partial charge in [-0.1, -0.05) is 97.9 Å². The van der Waals surface area contributed by atoms with Crippen molar-refractivity contribution in [1.29, 1.82) is 0 Å². The van der Waals surface area contributed by atoms with Crippen LogP contribution in [0.25, 0.3) is 0 Å². The highest BCUT2D eigenvalue weighted by molar-refractivity contribution is 5.71. The van der Waals surface area contributed by atoms with E-state index >= 15 is 0 Å². The van der Waals surface area contributed by atoms with Crippen LogP contribution in [0, 0.1) is 5.92 Å². The number of methoxy groups -OCH3 is 1. The molecule has 3 unspecified atom stereocenters. The molecule has 0 spiro atoms. The summed E-state index contributed by atoms with van der Waals surface area (Å²) in [6.45, 7) is 3.03. The molecule has 6 atom stereocenters. The first-order chi connectivity index (χ1) is 19.0. The topological polar surface area (TPSA) is 83.5 Å². The predicted octanol–water partition coefficient (Wildman–Crippen LogP) is 4.70. The summed E-state index contributed by atoms with van der Waals surface area (Å²) in [6.07, 6.45) is -3.25. The Labute approximate surface area is 230 Å². The number of ether oxygens (including phenoxy) is 5. The van der Waals surface area contributed by atoms with Gasteiger partial charge in [-0.15, -0.1) is 0 Å². The number of aliphatic hydroxyl groups excluding tert-OH is 1. The summed E-state index contributed by atoms with van der Waals surface area (Å²) < 4.78 is 30.1. The van der Waals surface area contributed by atoms with E-state index in [1.165, 1.54) is 7.11 Å². The zero-order chi connectivity index (χ0) is 27.5. The fourth-order valence-electron chi connectivity index (χ4n) is 4.77. The van der Waals surface area contributed by atoms with E-state index in [2.05, 4.69) is 0 Å². The van der Waals surface area contributed by atoms with Crippen LogP contribution in [-0.2, 0) is 48.3 Å². The lowest BCUT2D eigenvalue weighted by Gasteiger charge is -2.45. The number of rotatable bonds is 13. The molecule has 0 radical (unpaired) electrons. The van der Waals surface area contributed by atoms with Crippen molar-refractivity contribution in [2.24, 2.45) is 5.92 Å². The highest BCUT2D eigenvalue weighted by Gasteiger charge is 2.47. The quantitative estimate of drug-likeness (QED) is 0.318. The Balaban J connectivity index is 1.55. The zero-order valence-corrected chi connectivity index (χ0v) is 22.6. The molecule has 1 heterocycles. The van der Waals surface area contributed by atoms with Crippen LogP contribution < -0.4 is 0 Å². The van der Waals surface area contributed by atoms with Gasteiger partial charge in [-0.2, -0.15) is 0 Å². The van der Waals surface area contributed by atoms with E-state index in [-0.39, 0.29) is 19.0 Å². The molecule has 208 valence electrons. The predicted molar refractivity (Wildman–Crippen MR) is 147 cm³/mol. The third-order valence-corrected chi connectivity index (χ3v) is 6.91. The monoisotopic (exact) mass is 534 g/mol. The van der Waals surface area contributed by atoms with Gasteiger partial charge in [0.05, 0.1) is 45.6 Å². The van der Waals surface area contributed by atoms with Crippen molar-refractivity contribution in [2.75, 3.05) is 13.7 Å². The van der Waals surface area contributed by atoms with E-state index in [4.69, 9.17) is 23.7 Å². The summed E-state index contributed by atoms with van der Waals surface area (Å²) in [4.78, 5) is 12.2. The van der Waals surface area contributed by atoms with Crippen molar-refractivity contribution in [3.63, 3.8) is 0 Å². The molecule has 3 aromatic carbocycles. The number of aliphatic hydroxyl groups is 1. The van der Waals surface area contributed by atoms with Crippen molar-refractivity contribution in [3.05, 3.63) is 108 Å². The molecule has 0 saturated carbocycles. The van der Waals surface area contributed by atoms with Gasteiger partial charge < -0.3 is 28.8 Å². The molecule has 1 fully saturated rings. The lowest BCUT2D eigenvalue weighted by molar-refractivity contribution is -0.263. The number of hydrogen-bond acceptors (Lipinski definition) is 7. The first-order valence-electron chi connectivity index (χ1n) is 13.4. The van der Waals surface area contributed by atoms with Crippen LogP contribution in [0.2, 0.25) is 0 Å². The van der Waals surface area contributed by atoms with Gasteiger partial charge in [0.25, 0.3) is 0 Å². The van der Waals surface area contributed by atoms with Crippen LogP contribution in [0.4, 0.5) is 0 Å². The van der Waals surface area contributed by atoms with E-state index < -0.39 is 36.4 Å². The Morgan fingerprint density at radius 2 is 1.26 bits per heavy atom. The summed E-state index contributed by atoms with van der Waals surface area (Å²) in [5.74, 6) is -0.816. The average Bonchev–Trinajstić information content (AvgIpc) is 2.98. The lowest BCUT2D eigenvalue weighted by atomic mass is 9.89. The van der Waals surface area contributed by atoms with Gasteiger partial charge in [0.15, 0.2) is 0 Å². The molecule has 0 amide bonds. The fraction of sp³-hybridized carbons (Fsp3) is 0.406. The lowest BCUT2D eigenvalue weighted by Crippen LogP contribution is -2.60. The van der Waals surface area contributed by atoms with Gasteiger partial charge in [-0.3, -0.25) is 4.79 Å². The molecular formula is C32H38O7. The van der Waals surface area contributed by atoms with Crippen molar-refractivity contribution in [3.8, 4) is 0 Å². The number of hydrogen-bond donors (Lipinski definition) is 1. The molecule has 0 aliphatic carbocycles. The second-order valence-electron chi connectivity index (χ2n) is 9.89. The van der Waals surface area contributed by atoms with Crippen LogP contribution in [0.3, 0.4) is 0 Å². The maximum absolute atomic E-state index is 12.2. The third kappa shape index (κ3) is 8.46. The Bertz CT molecular complexity index is 1110. The Kier molecular flexibility index (Phi) is 11.1. The second-order valence-corrected chi connectivity index (χ2v) is 9.89. The van der Waals surface area contributed by atoms with Gasteiger partial charge in [0.2, 0.25) is 0 Å². The molecule has 0 aromatic heterocycles. The molecule has 0 bridgehead atoms. The molecule has 1 aliphatic rings. The van der Waals surface area contributed by atoms with Crippen molar-refractivity contribution >= 4 is 5.97 Å². The van der Waals surface area contributed by atoms with E-state index in [1.54, 1.807) is 6.92 Å². The summed E-state index contributed by atoms with van der Waals surface area (Å²) >= 11 is 0. The molecule has 7 nitrogen and oxygen atoms in total. The molecular weight excluding hydrogens is 496 g/mol. The minimum atomic E-state index is -1.02. The summed E-state index contributed by atoms with van der Waals surface area (Å²) in [5, 5.41) is 11.5. The Morgan fingerprint density at radius 1 is 0.769 bits per heavy atom. The minimum absolute atomic E-state index is 0.232. The number of carbonyl (C=O) groups is 1. The van der Waals surface area contributed by atoms with Gasteiger partial charge in [-0.25, -0.2) is 0 Å². The molecule has 39 heavy (non-hydrogen) atoms. The maximum Gasteiger partial charge on any atom is 0.308 e. The average molecular weight is 535 g/mol. The van der Waals surface area contributed by atoms with E-state index in [9.17, 15) is 9.90 Å². The van der Waals surface area contributed by atoms with E-state index in [1.807, 2.05) is 91.0 Å². The van der Waals surface area contributed by atoms with Crippen LogP contribution in [0.15, 0.2) is 91.0 Å². The third-order valence-electron chi connectivity index (χ3n) is 6.91. The second kappa shape index (κ2) is 14.9. The van der Waals surface area contributed by atoms with E-state index in [0.29, 0.717) is 19.8 Å².